The Bertz CT molecular complexity index is 1180. The lowest BCUT2D eigenvalue weighted by molar-refractivity contribution is -0.137. The van der Waals surface area contributed by atoms with E-state index in [2.05, 4.69) is 25.9 Å². The van der Waals surface area contributed by atoms with E-state index in [9.17, 15) is 24.3 Å². The molecule has 2 aromatic rings. The lowest BCUT2D eigenvalue weighted by Crippen LogP contribution is -2.61. The van der Waals surface area contributed by atoms with Crippen molar-refractivity contribution in [3.63, 3.8) is 0 Å². The van der Waals surface area contributed by atoms with Gasteiger partial charge in [0.2, 0.25) is 0 Å². The number of anilines is 1. The Labute approximate surface area is 233 Å². The summed E-state index contributed by atoms with van der Waals surface area (Å²) in [6.45, 7) is 3.97. The topological polar surface area (TPSA) is 166 Å². The van der Waals surface area contributed by atoms with Crippen molar-refractivity contribution in [2.24, 2.45) is 0 Å². The number of ether oxygens (including phenoxy) is 1. The van der Waals surface area contributed by atoms with E-state index in [4.69, 9.17) is 4.74 Å². The zero-order chi connectivity index (χ0) is 29.1. The van der Waals surface area contributed by atoms with Gasteiger partial charge in [0.05, 0.1) is 12.6 Å². The smallest absolute Gasteiger partial charge is 0.410 e. The van der Waals surface area contributed by atoms with Crippen molar-refractivity contribution in [2.45, 2.75) is 31.8 Å². The molecule has 4 N–H and O–H groups in total. The van der Waals surface area contributed by atoms with E-state index >= 15 is 0 Å². The first kappa shape index (κ1) is 30.4. The molecule has 2 unspecified atom stereocenters. The molecule has 40 heavy (non-hydrogen) atoms. The first-order valence-corrected chi connectivity index (χ1v) is 13.2. The van der Waals surface area contributed by atoms with Gasteiger partial charge in [-0.3, -0.25) is 19.3 Å². The second-order valence-corrected chi connectivity index (χ2v) is 9.53. The van der Waals surface area contributed by atoms with Gasteiger partial charge >= 0.3 is 12.1 Å². The molecule has 2 amide bonds. The predicted molar refractivity (Wildman–Crippen MR) is 148 cm³/mol. The molecule has 0 spiro atoms. The Balaban J connectivity index is 1.88. The molecule has 1 aliphatic heterocycles. The monoisotopic (exact) mass is 555 g/mol. The van der Waals surface area contributed by atoms with Crippen LogP contribution in [0.25, 0.3) is 11.4 Å². The number of hydrogen-bond donors (Lipinski definition) is 4. The molecule has 3 rings (SSSR count). The van der Waals surface area contributed by atoms with Crippen molar-refractivity contribution in [1.82, 2.24) is 30.4 Å². The number of Topliss-reactive ketones (excluding diaryl/α,β-unsaturated/α-hetero) is 1. The van der Waals surface area contributed by atoms with Gasteiger partial charge in [0.15, 0.2) is 11.6 Å². The molecule has 0 aliphatic carbocycles. The Morgan fingerprint density at radius 1 is 1.20 bits per heavy atom. The number of hydrogen-bond acceptors (Lipinski definition) is 10. The second-order valence-electron chi connectivity index (χ2n) is 9.53. The fraction of sp³-hybridized carbons (Fsp3) is 0.481. The molecular weight excluding hydrogens is 518 g/mol. The van der Waals surface area contributed by atoms with Gasteiger partial charge < -0.3 is 30.7 Å². The van der Waals surface area contributed by atoms with Crippen LogP contribution < -0.4 is 16.0 Å². The van der Waals surface area contributed by atoms with E-state index in [1.54, 1.807) is 6.92 Å². The molecule has 216 valence electrons. The normalized spacial score (nSPS) is 15.8. The molecule has 1 fully saturated rings. The summed E-state index contributed by atoms with van der Waals surface area (Å²) in [6.07, 6.45) is -1.15. The number of carboxylic acid groups (broad SMARTS) is 1. The van der Waals surface area contributed by atoms with E-state index < -0.39 is 35.8 Å². The molecule has 13 heteroatoms. The fourth-order valence-corrected chi connectivity index (χ4v) is 4.18. The Kier molecular flexibility index (Phi) is 11.3. The molecule has 13 nitrogen and oxygen atoms in total. The number of carboxylic acids is 1. The number of piperazine rings is 1. The average Bonchev–Trinajstić information content (AvgIpc) is 2.95. The maximum Gasteiger partial charge on any atom is 0.410 e. The highest BCUT2D eigenvalue weighted by Gasteiger charge is 2.37. The van der Waals surface area contributed by atoms with Crippen LogP contribution in [0.1, 0.15) is 30.3 Å². The summed E-state index contributed by atoms with van der Waals surface area (Å²) in [7, 11) is 3.88. The molecular formula is C27H37N7O6. The molecule has 2 heterocycles. The summed E-state index contributed by atoms with van der Waals surface area (Å²) < 4.78 is 5.10. The number of carbonyl (C=O) groups is 4. The largest absolute Gasteiger partial charge is 0.481 e. The Morgan fingerprint density at radius 3 is 2.62 bits per heavy atom. The first-order chi connectivity index (χ1) is 19.2. The molecule has 1 saturated heterocycles. The summed E-state index contributed by atoms with van der Waals surface area (Å²) >= 11 is 0. The zero-order valence-electron chi connectivity index (χ0n) is 23.1. The number of nitrogens with zero attached hydrogens (tertiary/aromatic N) is 4. The highest BCUT2D eigenvalue weighted by atomic mass is 16.6. The number of aromatic nitrogens is 2. The summed E-state index contributed by atoms with van der Waals surface area (Å²) in [6, 6.07) is 8.54. The third-order valence-corrected chi connectivity index (χ3v) is 6.23. The van der Waals surface area contributed by atoms with Crippen LogP contribution in [0.4, 0.5) is 10.6 Å². The Hall–Kier alpha value is -4.10. The quantitative estimate of drug-likeness (QED) is 0.279. The van der Waals surface area contributed by atoms with Crippen molar-refractivity contribution >= 4 is 29.6 Å². The summed E-state index contributed by atoms with van der Waals surface area (Å²) in [5, 5.41) is 18.2. The third kappa shape index (κ3) is 8.71. The van der Waals surface area contributed by atoms with Crippen molar-refractivity contribution in [2.75, 3.05) is 58.7 Å². The van der Waals surface area contributed by atoms with E-state index in [1.165, 1.54) is 11.0 Å². The molecule has 2 atom stereocenters. The van der Waals surface area contributed by atoms with Gasteiger partial charge in [-0.1, -0.05) is 30.3 Å². The maximum absolute atomic E-state index is 13.6. The van der Waals surface area contributed by atoms with Gasteiger partial charge in [-0.15, -0.1) is 0 Å². The summed E-state index contributed by atoms with van der Waals surface area (Å²) in [4.78, 5) is 63.2. The van der Waals surface area contributed by atoms with Gasteiger partial charge in [0.25, 0.3) is 5.91 Å². The van der Waals surface area contributed by atoms with Crippen LogP contribution in [0, 0.1) is 0 Å². The van der Waals surface area contributed by atoms with Crippen LogP contribution in [0.2, 0.25) is 0 Å². The van der Waals surface area contributed by atoms with Crippen LogP contribution in [0.15, 0.2) is 36.4 Å². The number of likely N-dealkylation sites (N-methyl/N-ethyl adjacent to an activating group) is 1. The van der Waals surface area contributed by atoms with Gasteiger partial charge in [-0.25, -0.2) is 14.8 Å². The minimum atomic E-state index is -1.18. The van der Waals surface area contributed by atoms with Crippen molar-refractivity contribution in [3.8, 4) is 11.4 Å². The number of aliphatic carboxylic acids is 1. The minimum Gasteiger partial charge on any atom is -0.481 e. The first-order valence-electron chi connectivity index (χ1n) is 13.2. The van der Waals surface area contributed by atoms with Crippen molar-refractivity contribution in [1.29, 1.82) is 0 Å². The highest BCUT2D eigenvalue weighted by Crippen LogP contribution is 2.19. The zero-order valence-corrected chi connectivity index (χ0v) is 23.1. The maximum atomic E-state index is 13.6. The van der Waals surface area contributed by atoms with Gasteiger partial charge in [-0.2, -0.15) is 0 Å². The van der Waals surface area contributed by atoms with E-state index in [1.807, 2.05) is 49.3 Å². The molecule has 0 saturated carbocycles. The standard InChI is InChI=1S/C27H37N7O6/c1-4-40-27(39)34-15-12-28-17-21(34)24(37)19(10-11-23(35)36)31-26(38)20-16-22(29-13-14-33(2)3)32-25(30-20)18-8-6-5-7-9-18/h5-9,16,19,21,28H,4,10-15,17H2,1-3H3,(H,31,38)(H,35,36)(H,29,30,32). The van der Waals surface area contributed by atoms with E-state index in [0.29, 0.717) is 30.3 Å². The number of amides is 2. The molecule has 1 aromatic carbocycles. The molecule has 1 aromatic heterocycles. The fourth-order valence-electron chi connectivity index (χ4n) is 4.18. The Morgan fingerprint density at radius 2 is 1.95 bits per heavy atom. The number of carbonyl (C=O) groups excluding carboxylic acids is 3. The van der Waals surface area contributed by atoms with E-state index in [-0.39, 0.29) is 38.2 Å². The predicted octanol–water partition coefficient (Wildman–Crippen LogP) is 1.08. The number of ketones is 1. The average molecular weight is 556 g/mol. The van der Waals surface area contributed by atoms with Crippen LogP contribution in [-0.4, -0.2) is 114 Å². The third-order valence-electron chi connectivity index (χ3n) is 6.23. The molecule has 1 aliphatic rings. The molecule has 0 radical (unpaired) electrons. The summed E-state index contributed by atoms with van der Waals surface area (Å²) in [5.74, 6) is -1.52. The van der Waals surface area contributed by atoms with Crippen LogP contribution in [0.5, 0.6) is 0 Å². The van der Waals surface area contributed by atoms with Gasteiger partial charge in [0, 0.05) is 50.8 Å². The lowest BCUT2D eigenvalue weighted by Gasteiger charge is -2.36. The van der Waals surface area contributed by atoms with Gasteiger partial charge in [0.1, 0.15) is 17.6 Å². The van der Waals surface area contributed by atoms with Crippen LogP contribution >= 0.6 is 0 Å². The second kappa shape index (κ2) is 14.9. The summed E-state index contributed by atoms with van der Waals surface area (Å²) in [5.41, 5.74) is 0.711. The number of rotatable bonds is 13. The number of nitrogens with one attached hydrogen (secondary N) is 3. The van der Waals surface area contributed by atoms with Gasteiger partial charge in [-0.05, 0) is 27.4 Å². The highest BCUT2D eigenvalue weighted by molar-refractivity contribution is 5.99. The minimum absolute atomic E-state index is 0.0124. The van der Waals surface area contributed by atoms with Crippen LogP contribution in [-0.2, 0) is 14.3 Å². The lowest BCUT2D eigenvalue weighted by atomic mass is 9.98. The molecule has 0 bridgehead atoms. The van der Waals surface area contributed by atoms with E-state index in [0.717, 1.165) is 6.54 Å². The SMILES string of the molecule is CCOC(=O)N1CCNCC1C(=O)C(CCC(=O)O)NC(=O)c1cc(NCCN(C)C)nc(-c2ccccc2)n1. The van der Waals surface area contributed by atoms with Crippen molar-refractivity contribution < 1.29 is 29.0 Å². The number of benzene rings is 1. The van der Waals surface area contributed by atoms with Crippen LogP contribution in [0.3, 0.4) is 0 Å². The van der Waals surface area contributed by atoms with Crippen molar-refractivity contribution in [3.05, 3.63) is 42.1 Å².